The van der Waals surface area contributed by atoms with E-state index in [2.05, 4.69) is 15.4 Å². The fraction of sp³-hybridized carbons (Fsp3) is 0.500. The van der Waals surface area contributed by atoms with Crippen LogP contribution in [0.1, 0.15) is 6.42 Å². The first-order valence-electron chi connectivity index (χ1n) is 4.47. The summed E-state index contributed by atoms with van der Waals surface area (Å²) in [6.45, 7) is 0. The quantitative estimate of drug-likeness (QED) is 0.699. The first-order chi connectivity index (χ1) is 7.09. The van der Waals surface area contributed by atoms with Crippen LogP contribution in [-0.2, 0) is 16.6 Å². The average Bonchev–Trinajstić information content (AvgIpc) is 2.88. The molecule has 1 aromatic rings. The van der Waals surface area contributed by atoms with E-state index in [9.17, 15) is 9.59 Å². The van der Waals surface area contributed by atoms with E-state index in [4.69, 9.17) is 5.11 Å². The number of carbonyl (C=O) groups is 2. The van der Waals surface area contributed by atoms with Crippen molar-refractivity contribution in [1.82, 2.24) is 14.8 Å². The molecule has 1 saturated carbocycles. The Hall–Kier alpha value is -1.92. The third-order valence-corrected chi connectivity index (χ3v) is 2.39. The number of amides is 1. The molecule has 1 aliphatic rings. The molecule has 0 spiro atoms. The highest BCUT2D eigenvalue weighted by Gasteiger charge is 2.48. The molecule has 7 nitrogen and oxygen atoms in total. The molecule has 80 valence electrons. The molecule has 7 heteroatoms. The lowest BCUT2D eigenvalue weighted by atomic mass is 10.3. The van der Waals surface area contributed by atoms with Gasteiger partial charge in [-0.2, -0.15) is 10.1 Å². The molecule has 1 fully saturated rings. The van der Waals surface area contributed by atoms with Gasteiger partial charge in [-0.3, -0.25) is 14.9 Å². The third-order valence-electron chi connectivity index (χ3n) is 2.39. The van der Waals surface area contributed by atoms with Gasteiger partial charge in [0, 0.05) is 7.05 Å². The lowest BCUT2D eigenvalue weighted by Crippen LogP contribution is -2.19. The van der Waals surface area contributed by atoms with Crippen LogP contribution in [0, 0.1) is 11.8 Å². The second kappa shape index (κ2) is 3.34. The molecule has 15 heavy (non-hydrogen) atoms. The Morgan fingerprint density at radius 1 is 1.60 bits per heavy atom. The number of nitrogens with one attached hydrogen (secondary N) is 1. The maximum Gasteiger partial charge on any atom is 0.307 e. The second-order valence-corrected chi connectivity index (χ2v) is 3.48. The molecule has 2 rings (SSSR count). The van der Waals surface area contributed by atoms with Gasteiger partial charge in [-0.1, -0.05) is 0 Å². The first-order valence-corrected chi connectivity index (χ1v) is 4.47. The number of anilines is 1. The highest BCUT2D eigenvalue weighted by molar-refractivity contribution is 5.97. The minimum Gasteiger partial charge on any atom is -0.481 e. The molecule has 2 atom stereocenters. The smallest absolute Gasteiger partial charge is 0.307 e. The van der Waals surface area contributed by atoms with Crippen molar-refractivity contribution in [3.05, 3.63) is 6.33 Å². The predicted molar refractivity (Wildman–Crippen MR) is 48.9 cm³/mol. The van der Waals surface area contributed by atoms with Crippen molar-refractivity contribution in [2.24, 2.45) is 18.9 Å². The van der Waals surface area contributed by atoms with Crippen molar-refractivity contribution < 1.29 is 14.7 Å². The maximum atomic E-state index is 11.5. The Kier molecular flexibility index (Phi) is 2.14. The zero-order valence-corrected chi connectivity index (χ0v) is 8.04. The van der Waals surface area contributed by atoms with Gasteiger partial charge < -0.3 is 5.11 Å². The lowest BCUT2D eigenvalue weighted by Gasteiger charge is -2.01. The summed E-state index contributed by atoms with van der Waals surface area (Å²) >= 11 is 0. The van der Waals surface area contributed by atoms with Crippen molar-refractivity contribution in [3.63, 3.8) is 0 Å². The van der Waals surface area contributed by atoms with Crippen LogP contribution in [0.4, 0.5) is 5.95 Å². The molecule has 1 amide bonds. The standard InChI is InChI=1S/C8H10N4O3/c1-12-8(9-3-10-12)11-6(13)4-2-5(4)7(14)15/h3-5H,2H2,1H3,(H,14,15)(H,9,10,11,13)/t4-,5+/m1/s1. The molecule has 0 aliphatic heterocycles. The summed E-state index contributed by atoms with van der Waals surface area (Å²) in [6.07, 6.45) is 1.72. The molecule has 0 unspecified atom stereocenters. The van der Waals surface area contributed by atoms with E-state index < -0.39 is 17.8 Å². The van der Waals surface area contributed by atoms with E-state index in [1.807, 2.05) is 0 Å². The number of rotatable bonds is 3. The van der Waals surface area contributed by atoms with Crippen LogP contribution in [0.15, 0.2) is 6.33 Å². The summed E-state index contributed by atoms with van der Waals surface area (Å²) in [7, 11) is 1.64. The Labute approximate surface area is 85.1 Å². The third kappa shape index (κ3) is 1.80. The molecule has 0 saturated heterocycles. The molecule has 0 bridgehead atoms. The van der Waals surface area contributed by atoms with Gasteiger partial charge in [-0.25, -0.2) is 4.68 Å². The number of aromatic nitrogens is 3. The minimum atomic E-state index is -0.923. The number of nitrogens with zero attached hydrogens (tertiary/aromatic N) is 3. The number of aliphatic carboxylic acids is 1. The van der Waals surface area contributed by atoms with Crippen LogP contribution in [0.25, 0.3) is 0 Å². The molecular formula is C8H10N4O3. The van der Waals surface area contributed by atoms with E-state index in [1.165, 1.54) is 11.0 Å². The van der Waals surface area contributed by atoms with Gasteiger partial charge in [-0.15, -0.1) is 0 Å². The fourth-order valence-electron chi connectivity index (χ4n) is 1.37. The van der Waals surface area contributed by atoms with Gasteiger partial charge >= 0.3 is 5.97 Å². The highest BCUT2D eigenvalue weighted by atomic mass is 16.4. The summed E-state index contributed by atoms with van der Waals surface area (Å²) in [6, 6.07) is 0. The number of hydrogen-bond acceptors (Lipinski definition) is 4. The number of carboxylic acids is 1. The number of aryl methyl sites for hydroxylation is 1. The number of hydrogen-bond donors (Lipinski definition) is 2. The SMILES string of the molecule is Cn1ncnc1NC(=O)[C@@H]1C[C@@H]1C(=O)O. The Bertz CT molecular complexity index is 414. The van der Waals surface area contributed by atoms with Crippen molar-refractivity contribution in [2.75, 3.05) is 5.32 Å². The number of carboxylic acid groups (broad SMARTS) is 1. The van der Waals surface area contributed by atoms with Crippen LogP contribution in [0.5, 0.6) is 0 Å². The van der Waals surface area contributed by atoms with Gasteiger partial charge in [0.1, 0.15) is 6.33 Å². The molecule has 1 aliphatic carbocycles. The maximum absolute atomic E-state index is 11.5. The zero-order chi connectivity index (χ0) is 11.0. The van der Waals surface area contributed by atoms with Crippen LogP contribution in [-0.4, -0.2) is 31.7 Å². The molecule has 1 heterocycles. The molecule has 1 aromatic heterocycles. The van der Waals surface area contributed by atoms with E-state index >= 15 is 0 Å². The molecule has 0 radical (unpaired) electrons. The van der Waals surface area contributed by atoms with E-state index in [1.54, 1.807) is 7.05 Å². The predicted octanol–water partition coefficient (Wildman–Crippen LogP) is -0.526. The zero-order valence-electron chi connectivity index (χ0n) is 8.04. The summed E-state index contributed by atoms with van der Waals surface area (Å²) in [4.78, 5) is 25.8. The van der Waals surface area contributed by atoms with Crippen molar-refractivity contribution in [3.8, 4) is 0 Å². The van der Waals surface area contributed by atoms with Crippen molar-refractivity contribution >= 4 is 17.8 Å². The molecule has 2 N–H and O–H groups in total. The van der Waals surface area contributed by atoms with Gasteiger partial charge in [0.15, 0.2) is 0 Å². The average molecular weight is 210 g/mol. The van der Waals surface area contributed by atoms with Crippen LogP contribution < -0.4 is 5.32 Å². The highest BCUT2D eigenvalue weighted by Crippen LogP contribution is 2.39. The molecular weight excluding hydrogens is 200 g/mol. The number of carbonyl (C=O) groups excluding carboxylic acids is 1. The van der Waals surface area contributed by atoms with Gasteiger partial charge in [0.2, 0.25) is 11.9 Å². The van der Waals surface area contributed by atoms with Gasteiger partial charge in [-0.05, 0) is 6.42 Å². The van der Waals surface area contributed by atoms with Gasteiger partial charge in [0.25, 0.3) is 0 Å². The van der Waals surface area contributed by atoms with E-state index in [-0.39, 0.29) is 5.91 Å². The summed E-state index contributed by atoms with van der Waals surface area (Å²) in [5.41, 5.74) is 0. The normalized spacial score (nSPS) is 23.5. The van der Waals surface area contributed by atoms with E-state index in [0.717, 1.165) is 0 Å². The van der Waals surface area contributed by atoms with E-state index in [0.29, 0.717) is 12.4 Å². The van der Waals surface area contributed by atoms with Crippen LogP contribution in [0.2, 0.25) is 0 Å². The lowest BCUT2D eigenvalue weighted by molar-refractivity contribution is -0.139. The summed E-state index contributed by atoms with van der Waals surface area (Å²) < 4.78 is 1.41. The fourth-order valence-corrected chi connectivity index (χ4v) is 1.37. The largest absolute Gasteiger partial charge is 0.481 e. The van der Waals surface area contributed by atoms with Crippen LogP contribution >= 0.6 is 0 Å². The van der Waals surface area contributed by atoms with Crippen molar-refractivity contribution in [1.29, 1.82) is 0 Å². The summed E-state index contributed by atoms with van der Waals surface area (Å²) in [5, 5.41) is 14.9. The van der Waals surface area contributed by atoms with Crippen LogP contribution in [0.3, 0.4) is 0 Å². The summed E-state index contributed by atoms with van der Waals surface area (Å²) in [5.74, 6) is -1.87. The molecule has 0 aromatic carbocycles. The first kappa shape index (κ1) is 9.63. The van der Waals surface area contributed by atoms with Gasteiger partial charge in [0.05, 0.1) is 11.8 Å². The van der Waals surface area contributed by atoms with Crippen molar-refractivity contribution in [2.45, 2.75) is 6.42 Å². The Morgan fingerprint density at radius 3 is 2.80 bits per heavy atom. The second-order valence-electron chi connectivity index (χ2n) is 3.48. The Balaban J connectivity index is 1.95. The monoisotopic (exact) mass is 210 g/mol. The minimum absolute atomic E-state index is 0.307. The topological polar surface area (TPSA) is 97.1 Å². The Morgan fingerprint density at radius 2 is 2.33 bits per heavy atom.